The second kappa shape index (κ2) is 10.3. The maximum Gasteiger partial charge on any atom is 0.227 e. The number of benzene rings is 2. The number of thiazole rings is 1. The first-order valence-electron chi connectivity index (χ1n) is 11.2. The van der Waals surface area contributed by atoms with E-state index in [9.17, 15) is 4.79 Å². The molecule has 2 heterocycles. The normalized spacial score (nSPS) is 15.1. The van der Waals surface area contributed by atoms with Gasteiger partial charge in [0.25, 0.3) is 0 Å². The lowest BCUT2D eigenvalue weighted by Gasteiger charge is -2.30. The van der Waals surface area contributed by atoms with Gasteiger partial charge in [-0.05, 0) is 49.5 Å². The lowest BCUT2D eigenvalue weighted by Crippen LogP contribution is -2.37. The molecule has 0 saturated carbocycles. The lowest BCUT2D eigenvalue weighted by atomic mass is 9.95. The van der Waals surface area contributed by atoms with Crippen molar-refractivity contribution in [3.05, 3.63) is 65.2 Å². The molecule has 1 aromatic heterocycles. The number of carbonyl (C=O) groups is 1. The first-order valence-corrected chi connectivity index (χ1v) is 12.1. The van der Waals surface area contributed by atoms with E-state index in [1.54, 1.807) is 18.4 Å². The third kappa shape index (κ3) is 5.37. The van der Waals surface area contributed by atoms with E-state index in [0.29, 0.717) is 11.7 Å². The molecule has 1 aliphatic heterocycles. The lowest BCUT2D eigenvalue weighted by molar-refractivity contribution is -0.121. The predicted molar refractivity (Wildman–Crippen MR) is 131 cm³/mol. The summed E-state index contributed by atoms with van der Waals surface area (Å²) < 4.78 is 5.34. The fourth-order valence-corrected chi connectivity index (χ4v) is 4.90. The van der Waals surface area contributed by atoms with Crippen LogP contribution in [0.4, 0.5) is 5.69 Å². The van der Waals surface area contributed by atoms with E-state index in [2.05, 4.69) is 53.7 Å². The van der Waals surface area contributed by atoms with Crippen LogP contribution in [0.1, 0.15) is 43.9 Å². The average Bonchev–Trinajstić information content (AvgIpc) is 3.28. The molecule has 0 aliphatic carbocycles. The summed E-state index contributed by atoms with van der Waals surface area (Å²) in [5, 5.41) is 6.26. The number of para-hydroxylation sites is 2. The number of hydrogen-bond acceptors (Lipinski definition) is 5. The van der Waals surface area contributed by atoms with E-state index in [1.165, 1.54) is 11.1 Å². The average molecular weight is 450 g/mol. The number of anilines is 1. The van der Waals surface area contributed by atoms with E-state index in [4.69, 9.17) is 9.72 Å². The van der Waals surface area contributed by atoms with Crippen molar-refractivity contribution in [3.8, 4) is 16.3 Å². The van der Waals surface area contributed by atoms with Crippen molar-refractivity contribution in [1.82, 2.24) is 9.88 Å². The maximum absolute atomic E-state index is 12.7. The first-order chi connectivity index (χ1) is 15.5. The van der Waals surface area contributed by atoms with Crippen molar-refractivity contribution in [2.24, 2.45) is 5.92 Å². The van der Waals surface area contributed by atoms with Crippen molar-refractivity contribution in [2.45, 2.75) is 39.2 Å². The number of likely N-dealkylation sites (tertiary alicyclic amines) is 1. The van der Waals surface area contributed by atoms with Gasteiger partial charge in [0.1, 0.15) is 10.8 Å². The number of carbonyl (C=O) groups excluding carboxylic acids is 1. The molecule has 1 N–H and O–H groups in total. The molecule has 1 aliphatic rings. The van der Waals surface area contributed by atoms with Crippen LogP contribution in [0, 0.1) is 5.92 Å². The molecule has 2 aromatic carbocycles. The summed E-state index contributed by atoms with van der Waals surface area (Å²) in [7, 11) is 1.62. The van der Waals surface area contributed by atoms with Crippen molar-refractivity contribution in [2.75, 3.05) is 25.5 Å². The predicted octanol–water partition coefficient (Wildman–Crippen LogP) is 5.79. The van der Waals surface area contributed by atoms with Gasteiger partial charge in [-0.3, -0.25) is 9.69 Å². The van der Waals surface area contributed by atoms with E-state index in [-0.39, 0.29) is 11.8 Å². The van der Waals surface area contributed by atoms with Crippen molar-refractivity contribution in [1.29, 1.82) is 0 Å². The van der Waals surface area contributed by atoms with Crippen LogP contribution in [-0.4, -0.2) is 36.0 Å². The van der Waals surface area contributed by atoms with Gasteiger partial charge in [-0.25, -0.2) is 4.98 Å². The maximum atomic E-state index is 12.7. The van der Waals surface area contributed by atoms with Gasteiger partial charge in [0.2, 0.25) is 5.91 Å². The van der Waals surface area contributed by atoms with E-state index < -0.39 is 0 Å². The van der Waals surface area contributed by atoms with Gasteiger partial charge >= 0.3 is 0 Å². The molecule has 0 bridgehead atoms. The number of methoxy groups -OCH3 is 1. The zero-order valence-corrected chi connectivity index (χ0v) is 19.8. The Hall–Kier alpha value is -2.70. The van der Waals surface area contributed by atoms with Gasteiger partial charge < -0.3 is 10.1 Å². The van der Waals surface area contributed by atoms with Gasteiger partial charge in [0.05, 0.1) is 18.5 Å². The Morgan fingerprint density at radius 1 is 1.16 bits per heavy atom. The van der Waals surface area contributed by atoms with Gasteiger partial charge in [0.15, 0.2) is 0 Å². The highest BCUT2D eigenvalue weighted by molar-refractivity contribution is 7.13. The first kappa shape index (κ1) is 22.5. The highest BCUT2D eigenvalue weighted by Gasteiger charge is 2.26. The van der Waals surface area contributed by atoms with Crippen LogP contribution in [-0.2, 0) is 11.3 Å². The second-order valence-electron chi connectivity index (χ2n) is 8.66. The Kier molecular flexibility index (Phi) is 7.22. The minimum atomic E-state index is 0.0293. The van der Waals surface area contributed by atoms with Crippen molar-refractivity contribution < 1.29 is 9.53 Å². The van der Waals surface area contributed by atoms with Crippen LogP contribution in [0.15, 0.2) is 53.9 Å². The summed E-state index contributed by atoms with van der Waals surface area (Å²) in [4.78, 5) is 20.0. The van der Waals surface area contributed by atoms with E-state index in [0.717, 1.165) is 48.9 Å². The van der Waals surface area contributed by atoms with Crippen LogP contribution in [0.5, 0.6) is 5.75 Å². The molecular formula is C26H31N3O2S. The van der Waals surface area contributed by atoms with E-state index >= 15 is 0 Å². The Labute approximate surface area is 194 Å². The third-order valence-corrected chi connectivity index (χ3v) is 7.03. The highest BCUT2D eigenvalue weighted by atomic mass is 32.1. The van der Waals surface area contributed by atoms with Crippen LogP contribution < -0.4 is 10.1 Å². The summed E-state index contributed by atoms with van der Waals surface area (Å²) in [5.41, 5.74) is 4.37. The summed E-state index contributed by atoms with van der Waals surface area (Å²) in [6.45, 7) is 7.06. The highest BCUT2D eigenvalue weighted by Crippen LogP contribution is 2.28. The molecule has 1 saturated heterocycles. The smallest absolute Gasteiger partial charge is 0.227 e. The number of hydrogen-bond donors (Lipinski definition) is 1. The molecule has 0 radical (unpaired) electrons. The standard InChI is InChI=1S/C26H31N3O2S/c1-18(2)19-8-10-21(11-9-19)26-27-22(17-32-26)16-29-14-12-20(13-15-29)25(30)28-23-6-4-5-7-24(23)31-3/h4-11,17-18,20H,12-16H2,1-3H3,(H,28,30). The summed E-state index contributed by atoms with van der Waals surface area (Å²) in [6, 6.07) is 16.3. The zero-order valence-electron chi connectivity index (χ0n) is 19.0. The topological polar surface area (TPSA) is 54.5 Å². The second-order valence-corrected chi connectivity index (χ2v) is 9.52. The number of ether oxygens (including phenoxy) is 1. The van der Waals surface area contributed by atoms with Crippen LogP contribution in [0.2, 0.25) is 0 Å². The van der Waals surface area contributed by atoms with Gasteiger partial charge in [-0.15, -0.1) is 11.3 Å². The molecule has 6 heteroatoms. The van der Waals surface area contributed by atoms with Crippen molar-refractivity contribution in [3.63, 3.8) is 0 Å². The number of rotatable bonds is 7. The molecule has 4 rings (SSSR count). The fourth-order valence-electron chi connectivity index (χ4n) is 4.09. The number of nitrogens with one attached hydrogen (secondary N) is 1. The van der Waals surface area contributed by atoms with Crippen LogP contribution >= 0.6 is 11.3 Å². The molecule has 168 valence electrons. The molecule has 5 nitrogen and oxygen atoms in total. The summed E-state index contributed by atoms with van der Waals surface area (Å²) in [6.07, 6.45) is 1.71. The Bertz CT molecular complexity index is 1040. The molecule has 0 unspecified atom stereocenters. The number of piperidine rings is 1. The number of nitrogens with zero attached hydrogens (tertiary/aromatic N) is 2. The van der Waals surface area contributed by atoms with Gasteiger partial charge in [0, 0.05) is 23.4 Å². The molecule has 0 spiro atoms. The SMILES string of the molecule is COc1ccccc1NC(=O)C1CCN(Cc2csc(-c3ccc(C(C)C)cc3)n2)CC1. The number of aromatic nitrogens is 1. The molecule has 1 fully saturated rings. The molecule has 1 amide bonds. The molecule has 3 aromatic rings. The van der Waals surface area contributed by atoms with Gasteiger partial charge in [-0.2, -0.15) is 0 Å². The minimum absolute atomic E-state index is 0.0293. The number of amides is 1. The summed E-state index contributed by atoms with van der Waals surface area (Å²) in [5.74, 6) is 1.34. The van der Waals surface area contributed by atoms with Gasteiger partial charge in [-0.1, -0.05) is 50.2 Å². The minimum Gasteiger partial charge on any atom is -0.495 e. The van der Waals surface area contributed by atoms with Crippen LogP contribution in [0.25, 0.3) is 10.6 Å². The fraction of sp³-hybridized carbons (Fsp3) is 0.385. The molecule has 0 atom stereocenters. The Morgan fingerprint density at radius 3 is 2.56 bits per heavy atom. The van der Waals surface area contributed by atoms with E-state index in [1.807, 2.05) is 24.3 Å². The molecule has 32 heavy (non-hydrogen) atoms. The zero-order chi connectivity index (χ0) is 22.5. The Balaban J connectivity index is 1.29. The molecular weight excluding hydrogens is 418 g/mol. The largest absolute Gasteiger partial charge is 0.495 e. The quantitative estimate of drug-likeness (QED) is 0.496. The summed E-state index contributed by atoms with van der Waals surface area (Å²) >= 11 is 1.70. The monoisotopic (exact) mass is 449 g/mol. The van der Waals surface area contributed by atoms with Crippen molar-refractivity contribution >= 4 is 22.9 Å². The van der Waals surface area contributed by atoms with Crippen LogP contribution in [0.3, 0.4) is 0 Å². The Morgan fingerprint density at radius 2 is 1.88 bits per heavy atom. The third-order valence-electron chi connectivity index (χ3n) is 6.08.